The van der Waals surface area contributed by atoms with E-state index in [2.05, 4.69) is 6.92 Å². The summed E-state index contributed by atoms with van der Waals surface area (Å²) in [5, 5.41) is 0. The summed E-state index contributed by atoms with van der Waals surface area (Å²) in [5.74, 6) is 0.873. The molecule has 0 bridgehead atoms. The minimum Gasteiger partial charge on any atom is -0.399 e. The van der Waals surface area contributed by atoms with Gasteiger partial charge < -0.3 is 10.6 Å². The van der Waals surface area contributed by atoms with E-state index in [1.165, 1.54) is 6.42 Å². The highest BCUT2D eigenvalue weighted by Gasteiger charge is 2.19. The summed E-state index contributed by atoms with van der Waals surface area (Å²) >= 11 is 0. The molecule has 2 N–H and O–H groups in total. The van der Waals surface area contributed by atoms with Gasteiger partial charge >= 0.3 is 0 Å². The van der Waals surface area contributed by atoms with Gasteiger partial charge in [-0.05, 0) is 49.4 Å². The predicted molar refractivity (Wildman–Crippen MR) is 77.0 cm³/mol. The summed E-state index contributed by atoms with van der Waals surface area (Å²) in [6.45, 7) is 4.02. The van der Waals surface area contributed by atoms with Crippen LogP contribution in [0.1, 0.15) is 36.5 Å². The molecule has 4 heteroatoms. The third-order valence-corrected chi connectivity index (χ3v) is 3.46. The normalized spacial score (nSPS) is 19.8. The Labute approximate surface area is 115 Å². The van der Waals surface area contributed by atoms with Crippen molar-refractivity contribution in [1.82, 2.24) is 4.90 Å². The minimum absolute atomic E-state index is 0. The lowest BCUT2D eigenvalue weighted by Gasteiger charge is -2.20. The Morgan fingerprint density at radius 2 is 1.89 bits per heavy atom. The van der Waals surface area contributed by atoms with E-state index in [-0.39, 0.29) is 18.3 Å². The standard InChI is InChI=1S/C14H20N2O.ClH/c1-11-3-2-9-16(10-8-11)14(17)12-4-6-13(15)7-5-12;/h4-7,11H,2-3,8-10,15H2,1H3;1H. The van der Waals surface area contributed by atoms with Gasteiger partial charge in [-0.3, -0.25) is 4.79 Å². The number of carbonyl (C=O) groups excluding carboxylic acids is 1. The first-order valence-electron chi connectivity index (χ1n) is 6.31. The molecule has 3 nitrogen and oxygen atoms in total. The smallest absolute Gasteiger partial charge is 0.253 e. The molecule has 1 saturated heterocycles. The average molecular weight is 269 g/mol. The zero-order valence-electron chi connectivity index (χ0n) is 10.8. The van der Waals surface area contributed by atoms with Crippen molar-refractivity contribution in [2.45, 2.75) is 26.2 Å². The van der Waals surface area contributed by atoms with Crippen LogP contribution in [0.15, 0.2) is 24.3 Å². The van der Waals surface area contributed by atoms with Crippen LogP contribution in [0.5, 0.6) is 0 Å². The van der Waals surface area contributed by atoms with Gasteiger partial charge in [0.2, 0.25) is 0 Å². The Morgan fingerprint density at radius 1 is 1.22 bits per heavy atom. The minimum atomic E-state index is 0. The maximum Gasteiger partial charge on any atom is 0.253 e. The maximum atomic E-state index is 12.3. The predicted octanol–water partition coefficient (Wildman–Crippen LogP) is 2.95. The zero-order chi connectivity index (χ0) is 12.3. The van der Waals surface area contributed by atoms with Crippen molar-refractivity contribution in [2.24, 2.45) is 5.92 Å². The van der Waals surface area contributed by atoms with Gasteiger partial charge in [-0.25, -0.2) is 0 Å². The van der Waals surface area contributed by atoms with E-state index in [1.807, 2.05) is 17.0 Å². The SMILES string of the molecule is CC1CCCN(C(=O)c2ccc(N)cc2)CC1.Cl. The number of amides is 1. The van der Waals surface area contributed by atoms with Crippen LogP contribution in [-0.4, -0.2) is 23.9 Å². The van der Waals surface area contributed by atoms with Gasteiger partial charge in [-0.1, -0.05) is 6.92 Å². The number of benzene rings is 1. The van der Waals surface area contributed by atoms with Crippen molar-refractivity contribution in [3.05, 3.63) is 29.8 Å². The number of hydrogen-bond acceptors (Lipinski definition) is 2. The molecule has 1 aromatic carbocycles. The van der Waals surface area contributed by atoms with Gasteiger partial charge in [-0.15, -0.1) is 12.4 Å². The lowest BCUT2D eigenvalue weighted by molar-refractivity contribution is 0.0760. The second kappa shape index (κ2) is 6.64. The number of nitrogen functional groups attached to an aromatic ring is 1. The molecule has 1 aromatic rings. The lowest BCUT2D eigenvalue weighted by Crippen LogP contribution is -2.31. The molecule has 2 rings (SSSR count). The molecule has 0 radical (unpaired) electrons. The van der Waals surface area contributed by atoms with Crippen molar-refractivity contribution in [2.75, 3.05) is 18.8 Å². The van der Waals surface area contributed by atoms with Gasteiger partial charge in [-0.2, -0.15) is 0 Å². The van der Waals surface area contributed by atoms with Crippen molar-refractivity contribution in [3.63, 3.8) is 0 Å². The fourth-order valence-corrected chi connectivity index (χ4v) is 2.27. The molecule has 1 unspecified atom stereocenters. The van der Waals surface area contributed by atoms with Crippen LogP contribution in [0.3, 0.4) is 0 Å². The Kier molecular flexibility index (Phi) is 5.48. The first-order valence-corrected chi connectivity index (χ1v) is 6.31. The fourth-order valence-electron chi connectivity index (χ4n) is 2.27. The summed E-state index contributed by atoms with van der Waals surface area (Å²) in [6.07, 6.45) is 3.45. The summed E-state index contributed by atoms with van der Waals surface area (Å²) in [6, 6.07) is 7.19. The van der Waals surface area contributed by atoms with Crippen LogP contribution >= 0.6 is 12.4 Å². The van der Waals surface area contributed by atoms with Crippen LogP contribution in [0.2, 0.25) is 0 Å². The highest BCUT2D eigenvalue weighted by molar-refractivity contribution is 5.94. The van der Waals surface area contributed by atoms with E-state index < -0.39 is 0 Å². The topological polar surface area (TPSA) is 46.3 Å². The molecule has 1 amide bonds. The highest BCUT2D eigenvalue weighted by atomic mass is 35.5. The lowest BCUT2D eigenvalue weighted by atomic mass is 10.0. The number of hydrogen-bond donors (Lipinski definition) is 1. The van der Waals surface area contributed by atoms with Crippen molar-refractivity contribution in [1.29, 1.82) is 0 Å². The summed E-state index contributed by atoms with van der Waals surface area (Å²) in [4.78, 5) is 14.2. The maximum absolute atomic E-state index is 12.3. The Morgan fingerprint density at radius 3 is 2.56 bits per heavy atom. The van der Waals surface area contributed by atoms with E-state index >= 15 is 0 Å². The van der Waals surface area contributed by atoms with Gasteiger partial charge in [0, 0.05) is 24.3 Å². The second-order valence-corrected chi connectivity index (χ2v) is 4.95. The Balaban J connectivity index is 0.00000162. The first-order chi connectivity index (χ1) is 8.16. The average Bonchev–Trinajstić information content (AvgIpc) is 2.54. The van der Waals surface area contributed by atoms with Crippen molar-refractivity contribution < 1.29 is 4.79 Å². The largest absolute Gasteiger partial charge is 0.399 e. The zero-order valence-corrected chi connectivity index (χ0v) is 11.6. The van der Waals surface area contributed by atoms with Crippen LogP contribution < -0.4 is 5.73 Å². The quantitative estimate of drug-likeness (QED) is 0.796. The monoisotopic (exact) mass is 268 g/mol. The molecule has 0 saturated carbocycles. The van der Waals surface area contributed by atoms with Crippen LogP contribution in [-0.2, 0) is 0 Å². The Bertz CT molecular complexity index is 391. The number of anilines is 1. The van der Waals surface area contributed by atoms with Gasteiger partial charge in [0.25, 0.3) is 5.91 Å². The third-order valence-electron chi connectivity index (χ3n) is 3.46. The van der Waals surface area contributed by atoms with Crippen molar-refractivity contribution >= 4 is 24.0 Å². The van der Waals surface area contributed by atoms with Crippen LogP contribution in [0.4, 0.5) is 5.69 Å². The summed E-state index contributed by atoms with van der Waals surface area (Å²) in [5.41, 5.74) is 7.07. The second-order valence-electron chi connectivity index (χ2n) is 4.95. The summed E-state index contributed by atoms with van der Waals surface area (Å²) in [7, 11) is 0. The number of halogens is 1. The number of carbonyl (C=O) groups is 1. The molecular weight excluding hydrogens is 248 g/mol. The van der Waals surface area contributed by atoms with Gasteiger partial charge in [0.05, 0.1) is 0 Å². The fraction of sp³-hybridized carbons (Fsp3) is 0.500. The van der Waals surface area contributed by atoms with Crippen LogP contribution in [0.25, 0.3) is 0 Å². The number of nitrogens with zero attached hydrogens (tertiary/aromatic N) is 1. The summed E-state index contributed by atoms with van der Waals surface area (Å²) < 4.78 is 0. The van der Waals surface area contributed by atoms with E-state index in [4.69, 9.17) is 5.73 Å². The molecule has 0 aromatic heterocycles. The molecule has 1 atom stereocenters. The molecule has 1 aliphatic rings. The molecule has 0 aliphatic carbocycles. The number of nitrogens with two attached hydrogens (primary N) is 1. The molecular formula is C14H21ClN2O. The van der Waals surface area contributed by atoms with Gasteiger partial charge in [0.1, 0.15) is 0 Å². The van der Waals surface area contributed by atoms with E-state index in [9.17, 15) is 4.79 Å². The first kappa shape index (κ1) is 14.8. The Hall–Kier alpha value is -1.22. The molecule has 1 aliphatic heterocycles. The van der Waals surface area contributed by atoms with E-state index in [0.717, 1.165) is 37.4 Å². The van der Waals surface area contributed by atoms with E-state index in [0.29, 0.717) is 5.69 Å². The molecule has 18 heavy (non-hydrogen) atoms. The van der Waals surface area contributed by atoms with E-state index in [1.54, 1.807) is 12.1 Å². The molecule has 0 spiro atoms. The molecule has 100 valence electrons. The third kappa shape index (κ3) is 3.64. The molecule has 1 fully saturated rings. The van der Waals surface area contributed by atoms with Crippen LogP contribution in [0, 0.1) is 5.92 Å². The molecule has 1 heterocycles. The highest BCUT2D eigenvalue weighted by Crippen LogP contribution is 2.18. The van der Waals surface area contributed by atoms with Crippen molar-refractivity contribution in [3.8, 4) is 0 Å². The van der Waals surface area contributed by atoms with Gasteiger partial charge in [0.15, 0.2) is 0 Å². The number of likely N-dealkylation sites (tertiary alicyclic amines) is 1. The number of rotatable bonds is 1.